The first kappa shape index (κ1) is 13.9. The molecule has 0 N–H and O–H groups in total. The van der Waals surface area contributed by atoms with Crippen LogP contribution in [0.4, 0.5) is 13.2 Å². The van der Waals surface area contributed by atoms with Crippen LogP contribution < -0.4 is 51.4 Å². The topological polar surface area (TPSA) is 66.4 Å². The van der Waals surface area contributed by atoms with Gasteiger partial charge in [0.05, 0.1) is 0 Å². The van der Waals surface area contributed by atoms with Crippen molar-refractivity contribution in [1.29, 1.82) is 0 Å². The molecule has 0 saturated carbocycles. The second-order valence-corrected chi connectivity index (χ2v) is 1.92. The predicted octanol–water partition coefficient (Wildman–Crippen LogP) is -3.01. The molecule has 0 saturated heterocycles. The van der Waals surface area contributed by atoms with E-state index in [2.05, 4.69) is 0 Å². The van der Waals surface area contributed by atoms with Crippen LogP contribution in [-0.2, 0) is 14.6 Å². The van der Waals surface area contributed by atoms with Gasteiger partial charge in [-0.3, -0.25) is 0 Å². The number of hydrogen-bond donors (Lipinski definition) is 0. The van der Waals surface area contributed by atoms with E-state index in [1.54, 1.807) is 0 Å². The first-order valence-corrected chi connectivity index (χ1v) is 2.77. The average molecular weight is 204 g/mol. The third-order valence-electron chi connectivity index (χ3n) is 0.197. The molecule has 4 nitrogen and oxygen atoms in total. The summed E-state index contributed by atoms with van der Waals surface area (Å²) in [6.45, 7) is 0. The smallest absolute Gasteiger partial charge is 0.725 e. The van der Waals surface area contributed by atoms with E-state index in [9.17, 15) is 13.2 Å². The Morgan fingerprint density at radius 3 is 1.60 bits per heavy atom. The van der Waals surface area contributed by atoms with Crippen molar-refractivity contribution in [1.82, 2.24) is 0 Å². The Labute approximate surface area is 97.1 Å². The molecule has 0 aliphatic heterocycles. The van der Waals surface area contributed by atoms with Crippen LogP contribution in [-0.4, -0.2) is 19.3 Å². The van der Waals surface area contributed by atoms with Crippen LogP contribution in [0.5, 0.6) is 0 Å². The number of hydrogen-bond acceptors (Lipinski definition) is 4. The van der Waals surface area contributed by atoms with E-state index >= 15 is 0 Å². The minimum atomic E-state index is -5.66. The maximum Gasteiger partial charge on any atom is 1.00 e. The molecule has 0 radical (unpaired) electrons. The molecule has 0 heterocycles. The van der Waals surface area contributed by atoms with Gasteiger partial charge in [-0.25, -0.2) is 8.42 Å². The summed E-state index contributed by atoms with van der Waals surface area (Å²) >= 11 is 0. The fourth-order valence-electron chi connectivity index (χ4n) is 0.116. The fourth-order valence-corrected chi connectivity index (χ4v) is 0.347. The van der Waals surface area contributed by atoms with Crippen molar-refractivity contribution in [2.75, 3.05) is 0 Å². The second kappa shape index (κ2) is 4.35. The van der Waals surface area contributed by atoms with Crippen molar-refractivity contribution >= 4 is 10.4 Å². The summed E-state index contributed by atoms with van der Waals surface area (Å²) in [6.07, 6.45) is -5.42. The number of rotatable bonds is 1. The zero-order valence-corrected chi connectivity index (χ0v) is 8.61. The van der Waals surface area contributed by atoms with E-state index in [-0.39, 0.29) is 51.4 Å². The van der Waals surface area contributed by atoms with Gasteiger partial charge in [-0.05, 0) is 0 Å². The van der Waals surface area contributed by atoms with Gasteiger partial charge in [-0.15, -0.1) is 13.2 Å². The molecular weight excluding hydrogens is 204 g/mol. The van der Waals surface area contributed by atoms with E-state index in [1.807, 2.05) is 4.18 Å². The Morgan fingerprint density at radius 2 is 1.60 bits per heavy atom. The molecule has 0 atom stereocenters. The molecule has 0 amide bonds. The van der Waals surface area contributed by atoms with Gasteiger partial charge in [-0.1, -0.05) is 0 Å². The van der Waals surface area contributed by atoms with E-state index in [4.69, 9.17) is 13.0 Å². The average Bonchev–Trinajstić information content (AvgIpc) is 1.14. The first-order valence-electron chi connectivity index (χ1n) is 1.44. The minimum Gasteiger partial charge on any atom is -0.725 e. The van der Waals surface area contributed by atoms with Gasteiger partial charge in [0, 0.05) is 0 Å². The zero-order chi connectivity index (χ0) is 7.71. The van der Waals surface area contributed by atoms with Crippen LogP contribution in [0.25, 0.3) is 0 Å². The summed E-state index contributed by atoms with van der Waals surface area (Å²) < 4.78 is 61.7. The zero-order valence-electron chi connectivity index (χ0n) is 4.68. The molecule has 0 aromatic carbocycles. The molecule has 0 aromatic rings. The maximum absolute atomic E-state index is 10.8. The van der Waals surface area contributed by atoms with Crippen LogP contribution in [0.15, 0.2) is 0 Å². The van der Waals surface area contributed by atoms with Crippen LogP contribution in [0.2, 0.25) is 0 Å². The Kier molecular flexibility index (Phi) is 6.03. The number of halogens is 3. The summed E-state index contributed by atoms with van der Waals surface area (Å²) in [5.74, 6) is 0. The molecule has 0 aliphatic rings. The van der Waals surface area contributed by atoms with Gasteiger partial charge < -0.3 is 4.55 Å². The molecule has 0 rings (SSSR count). The van der Waals surface area contributed by atoms with E-state index in [0.717, 1.165) is 0 Å². The Balaban J connectivity index is 0. The van der Waals surface area contributed by atoms with E-state index < -0.39 is 16.8 Å². The Hall–Kier alpha value is 1.30. The van der Waals surface area contributed by atoms with Crippen LogP contribution in [0.3, 0.4) is 0 Å². The molecular formula is CF3KO4S. The SMILES string of the molecule is O=S(=O)([O-])OC(F)(F)F.[K+]. The van der Waals surface area contributed by atoms with Crippen LogP contribution >= 0.6 is 0 Å². The molecule has 0 aliphatic carbocycles. The van der Waals surface area contributed by atoms with Gasteiger partial charge >= 0.3 is 57.7 Å². The van der Waals surface area contributed by atoms with Gasteiger partial charge in [0.2, 0.25) is 10.4 Å². The maximum atomic E-state index is 10.8. The van der Waals surface area contributed by atoms with Crippen molar-refractivity contribution < 1.29 is 81.7 Å². The second-order valence-electron chi connectivity index (χ2n) is 0.937. The van der Waals surface area contributed by atoms with Crippen molar-refractivity contribution in [3.63, 3.8) is 0 Å². The summed E-state index contributed by atoms with van der Waals surface area (Å²) in [5.41, 5.74) is 0. The van der Waals surface area contributed by atoms with Gasteiger partial charge in [0.25, 0.3) is 0 Å². The largest absolute Gasteiger partial charge is 1.00 e. The molecule has 0 bridgehead atoms. The summed E-state index contributed by atoms with van der Waals surface area (Å²) in [5, 5.41) is 0. The predicted molar refractivity (Wildman–Crippen MR) is 16.8 cm³/mol. The van der Waals surface area contributed by atoms with Gasteiger partial charge in [-0.2, -0.15) is 4.18 Å². The fraction of sp³-hybridized carbons (Fsp3) is 1.00. The first-order chi connectivity index (χ1) is 3.71. The van der Waals surface area contributed by atoms with Crippen molar-refractivity contribution in [3.8, 4) is 0 Å². The van der Waals surface area contributed by atoms with E-state index in [0.29, 0.717) is 0 Å². The quantitative estimate of drug-likeness (QED) is 0.259. The molecule has 0 fully saturated rings. The molecule has 0 unspecified atom stereocenters. The van der Waals surface area contributed by atoms with Crippen molar-refractivity contribution in [2.24, 2.45) is 0 Å². The number of alkyl halides is 3. The van der Waals surface area contributed by atoms with Crippen LogP contribution in [0.1, 0.15) is 0 Å². The molecule has 10 heavy (non-hydrogen) atoms. The third-order valence-corrected chi connectivity index (χ3v) is 0.590. The molecule has 0 aromatic heterocycles. The van der Waals surface area contributed by atoms with Crippen molar-refractivity contribution in [2.45, 2.75) is 6.36 Å². The summed E-state index contributed by atoms with van der Waals surface area (Å²) in [7, 11) is -5.66. The molecule has 56 valence electrons. The minimum absolute atomic E-state index is 0. The Bertz CT molecular complexity index is 181. The molecule has 9 heteroatoms. The summed E-state index contributed by atoms with van der Waals surface area (Å²) in [4.78, 5) is 0. The molecule has 0 spiro atoms. The van der Waals surface area contributed by atoms with Gasteiger partial charge in [0.1, 0.15) is 0 Å². The van der Waals surface area contributed by atoms with Gasteiger partial charge in [0.15, 0.2) is 0 Å². The summed E-state index contributed by atoms with van der Waals surface area (Å²) in [6, 6.07) is 0. The van der Waals surface area contributed by atoms with Crippen LogP contribution in [0, 0.1) is 0 Å². The van der Waals surface area contributed by atoms with E-state index in [1.165, 1.54) is 0 Å². The normalized spacial score (nSPS) is 12.4. The standard InChI is InChI=1S/CHF3O4S.K/c2-1(3,4)8-9(5,6)7;/h(H,5,6,7);/q;+1/p-1. The monoisotopic (exact) mass is 204 g/mol. The van der Waals surface area contributed by atoms with Crippen molar-refractivity contribution in [3.05, 3.63) is 0 Å². The Morgan fingerprint density at radius 1 is 1.30 bits per heavy atom. The third kappa shape index (κ3) is 12.0.